The van der Waals surface area contributed by atoms with Gasteiger partial charge in [0.15, 0.2) is 5.65 Å². The van der Waals surface area contributed by atoms with E-state index in [2.05, 4.69) is 15.4 Å². The molecule has 2 aromatic heterocycles. The van der Waals surface area contributed by atoms with Crippen LogP contribution in [-0.4, -0.2) is 44.4 Å². The lowest BCUT2D eigenvalue weighted by atomic mass is 9.93. The zero-order valence-corrected chi connectivity index (χ0v) is 14.8. The topological polar surface area (TPSA) is 99.6 Å². The highest BCUT2D eigenvalue weighted by molar-refractivity contribution is 5.85. The van der Waals surface area contributed by atoms with Crippen LogP contribution in [0.5, 0.6) is 0 Å². The van der Waals surface area contributed by atoms with Gasteiger partial charge in [-0.2, -0.15) is 0 Å². The van der Waals surface area contributed by atoms with E-state index in [1.54, 1.807) is 4.90 Å². The van der Waals surface area contributed by atoms with E-state index in [0.717, 1.165) is 12.1 Å². The van der Waals surface area contributed by atoms with Gasteiger partial charge in [-0.3, -0.25) is 19.5 Å². The predicted octanol–water partition coefficient (Wildman–Crippen LogP) is 0.559. The number of rotatable bonds is 4. The second-order valence-electron chi connectivity index (χ2n) is 7.39. The standard InChI is InChI=1S/C17H23N5O3/c1-17(2,3)12-8-13-19-11(7-16(25)22(13)20-12)9-18-14(23)10-21-6-4-5-15(21)24/h7-8,20H,4-6,9-10H2,1-3H3,(H,18,23). The first-order valence-electron chi connectivity index (χ1n) is 8.41. The predicted molar refractivity (Wildman–Crippen MR) is 92.2 cm³/mol. The fraction of sp³-hybridized carbons (Fsp3) is 0.529. The van der Waals surface area contributed by atoms with Crippen LogP contribution in [-0.2, 0) is 21.5 Å². The molecule has 1 fully saturated rings. The molecular weight excluding hydrogens is 322 g/mol. The number of hydrogen-bond acceptors (Lipinski definition) is 4. The van der Waals surface area contributed by atoms with Crippen LogP contribution in [0, 0.1) is 0 Å². The van der Waals surface area contributed by atoms with Crippen molar-refractivity contribution in [3.05, 3.63) is 33.9 Å². The van der Waals surface area contributed by atoms with Crippen LogP contribution in [0.15, 0.2) is 16.9 Å². The summed E-state index contributed by atoms with van der Waals surface area (Å²) >= 11 is 0. The molecule has 8 heteroatoms. The Kier molecular flexibility index (Phi) is 4.36. The second-order valence-corrected chi connectivity index (χ2v) is 7.39. The summed E-state index contributed by atoms with van der Waals surface area (Å²) in [6, 6.07) is 3.24. The van der Waals surface area contributed by atoms with Crippen molar-refractivity contribution >= 4 is 17.5 Å². The summed E-state index contributed by atoms with van der Waals surface area (Å²) in [4.78, 5) is 41.7. The lowest BCUT2D eigenvalue weighted by Crippen LogP contribution is -2.37. The molecule has 8 nitrogen and oxygen atoms in total. The molecular formula is C17H23N5O3. The molecule has 25 heavy (non-hydrogen) atoms. The average molecular weight is 345 g/mol. The Morgan fingerprint density at radius 1 is 1.32 bits per heavy atom. The van der Waals surface area contributed by atoms with Crippen LogP contribution >= 0.6 is 0 Å². The van der Waals surface area contributed by atoms with Gasteiger partial charge in [0, 0.05) is 36.2 Å². The Balaban J connectivity index is 1.70. The number of aromatic nitrogens is 3. The fourth-order valence-electron chi connectivity index (χ4n) is 2.80. The van der Waals surface area contributed by atoms with Gasteiger partial charge in [-0.1, -0.05) is 20.8 Å². The first-order valence-corrected chi connectivity index (χ1v) is 8.41. The van der Waals surface area contributed by atoms with Gasteiger partial charge in [0.2, 0.25) is 11.8 Å². The van der Waals surface area contributed by atoms with Crippen molar-refractivity contribution in [1.82, 2.24) is 24.8 Å². The molecule has 2 amide bonds. The third-order valence-corrected chi connectivity index (χ3v) is 4.28. The Bertz CT molecular complexity index is 875. The van der Waals surface area contributed by atoms with Crippen LogP contribution < -0.4 is 10.9 Å². The zero-order chi connectivity index (χ0) is 18.2. The molecule has 0 spiro atoms. The first-order chi connectivity index (χ1) is 11.7. The molecule has 3 heterocycles. The highest BCUT2D eigenvalue weighted by atomic mass is 16.2. The van der Waals surface area contributed by atoms with Gasteiger partial charge < -0.3 is 10.2 Å². The van der Waals surface area contributed by atoms with Crippen LogP contribution in [0.4, 0.5) is 0 Å². The molecule has 2 N–H and O–H groups in total. The van der Waals surface area contributed by atoms with Gasteiger partial charge in [-0.05, 0) is 6.42 Å². The van der Waals surface area contributed by atoms with Crippen molar-refractivity contribution in [3.8, 4) is 0 Å². The summed E-state index contributed by atoms with van der Waals surface area (Å²) in [6.07, 6.45) is 1.30. The first kappa shape index (κ1) is 17.2. The molecule has 0 aromatic carbocycles. The van der Waals surface area contributed by atoms with Crippen LogP contribution in [0.2, 0.25) is 0 Å². The highest BCUT2D eigenvalue weighted by Gasteiger charge is 2.22. The number of carbonyl (C=O) groups is 2. The average Bonchev–Trinajstić information content (AvgIpc) is 3.12. The van der Waals surface area contributed by atoms with Crippen LogP contribution in [0.25, 0.3) is 5.65 Å². The SMILES string of the molecule is CC(C)(C)c1cc2nc(CNC(=O)CN3CCCC3=O)cc(=O)n2[nH]1. The Hall–Kier alpha value is -2.64. The Morgan fingerprint density at radius 3 is 2.72 bits per heavy atom. The van der Waals surface area contributed by atoms with Crippen molar-refractivity contribution < 1.29 is 9.59 Å². The number of fused-ring (bicyclic) bond motifs is 1. The zero-order valence-electron chi connectivity index (χ0n) is 14.8. The number of nitrogens with zero attached hydrogens (tertiary/aromatic N) is 3. The molecule has 2 aromatic rings. The second kappa shape index (κ2) is 6.34. The van der Waals surface area contributed by atoms with Crippen molar-refractivity contribution in [1.29, 1.82) is 0 Å². The largest absolute Gasteiger partial charge is 0.349 e. The molecule has 0 saturated carbocycles. The van der Waals surface area contributed by atoms with Gasteiger partial charge >= 0.3 is 0 Å². The van der Waals surface area contributed by atoms with Gasteiger partial charge in [-0.15, -0.1) is 0 Å². The van der Waals surface area contributed by atoms with E-state index in [-0.39, 0.29) is 35.9 Å². The molecule has 0 bridgehead atoms. The van der Waals surface area contributed by atoms with Gasteiger partial charge in [0.25, 0.3) is 5.56 Å². The molecule has 0 aliphatic carbocycles. The van der Waals surface area contributed by atoms with Gasteiger partial charge in [-0.25, -0.2) is 9.50 Å². The molecule has 134 valence electrons. The number of hydrogen-bond donors (Lipinski definition) is 2. The minimum atomic E-state index is -0.248. The van der Waals surface area contributed by atoms with Crippen molar-refractivity contribution in [2.24, 2.45) is 0 Å². The molecule has 1 aliphatic heterocycles. The minimum Gasteiger partial charge on any atom is -0.349 e. The fourth-order valence-corrected chi connectivity index (χ4v) is 2.80. The maximum absolute atomic E-state index is 12.2. The normalized spacial score (nSPS) is 15.2. The third-order valence-electron chi connectivity index (χ3n) is 4.28. The molecule has 1 aliphatic rings. The van der Waals surface area contributed by atoms with Crippen molar-refractivity contribution in [3.63, 3.8) is 0 Å². The van der Waals surface area contributed by atoms with E-state index in [0.29, 0.717) is 24.3 Å². The van der Waals surface area contributed by atoms with Crippen molar-refractivity contribution in [2.75, 3.05) is 13.1 Å². The van der Waals surface area contributed by atoms with Gasteiger partial charge in [0.1, 0.15) is 0 Å². The van der Waals surface area contributed by atoms with E-state index < -0.39 is 0 Å². The van der Waals surface area contributed by atoms with E-state index in [4.69, 9.17) is 0 Å². The highest BCUT2D eigenvalue weighted by Crippen LogP contribution is 2.20. The number of amides is 2. The summed E-state index contributed by atoms with van der Waals surface area (Å²) in [7, 11) is 0. The van der Waals surface area contributed by atoms with Crippen molar-refractivity contribution in [2.45, 2.75) is 45.6 Å². The van der Waals surface area contributed by atoms with Crippen LogP contribution in [0.3, 0.4) is 0 Å². The van der Waals surface area contributed by atoms with E-state index in [1.807, 2.05) is 26.8 Å². The van der Waals surface area contributed by atoms with Gasteiger partial charge in [0.05, 0.1) is 18.8 Å². The summed E-state index contributed by atoms with van der Waals surface area (Å²) in [5, 5.41) is 5.78. The smallest absolute Gasteiger partial charge is 0.272 e. The quantitative estimate of drug-likeness (QED) is 0.845. The molecule has 0 atom stereocenters. The Morgan fingerprint density at radius 2 is 2.08 bits per heavy atom. The summed E-state index contributed by atoms with van der Waals surface area (Å²) in [5.74, 6) is -0.239. The molecule has 3 rings (SSSR count). The lowest BCUT2D eigenvalue weighted by Gasteiger charge is -2.14. The number of likely N-dealkylation sites (tertiary alicyclic amines) is 1. The summed E-state index contributed by atoms with van der Waals surface area (Å²) in [6.45, 7) is 6.97. The molecule has 1 saturated heterocycles. The third kappa shape index (κ3) is 3.72. The number of nitrogens with one attached hydrogen (secondary N) is 2. The monoisotopic (exact) mass is 345 g/mol. The van der Waals surface area contributed by atoms with Crippen LogP contribution in [0.1, 0.15) is 45.0 Å². The number of H-pyrrole nitrogens is 1. The number of aromatic amines is 1. The minimum absolute atomic E-state index is 0.00923. The molecule has 0 unspecified atom stereocenters. The van der Waals surface area contributed by atoms with E-state index >= 15 is 0 Å². The lowest BCUT2D eigenvalue weighted by molar-refractivity contribution is -0.133. The van der Waals surface area contributed by atoms with E-state index in [9.17, 15) is 14.4 Å². The number of carbonyl (C=O) groups excluding carboxylic acids is 2. The maximum atomic E-state index is 12.2. The van der Waals surface area contributed by atoms with E-state index in [1.165, 1.54) is 10.6 Å². The Labute approximate surface area is 145 Å². The molecule has 0 radical (unpaired) electrons. The summed E-state index contributed by atoms with van der Waals surface area (Å²) in [5.41, 5.74) is 1.57. The maximum Gasteiger partial charge on any atom is 0.272 e. The summed E-state index contributed by atoms with van der Waals surface area (Å²) < 4.78 is 1.40.